The van der Waals surface area contributed by atoms with Gasteiger partial charge in [0.05, 0.1) is 4.92 Å². The minimum atomic E-state index is -0.369. The molecule has 0 atom stereocenters. The summed E-state index contributed by atoms with van der Waals surface area (Å²) in [6.45, 7) is 0. The maximum absolute atomic E-state index is 10.4. The molecule has 5 heteroatoms. The summed E-state index contributed by atoms with van der Waals surface area (Å²) < 4.78 is 0. The molecule has 11 heavy (non-hydrogen) atoms. The summed E-state index contributed by atoms with van der Waals surface area (Å²) in [5, 5.41) is 12.8. The fourth-order valence-electron chi connectivity index (χ4n) is 0.768. The van der Waals surface area contributed by atoms with E-state index >= 15 is 0 Å². The number of thiophene rings is 1. The van der Waals surface area contributed by atoms with E-state index in [1.54, 1.807) is 24.4 Å². The average molecular weight is 172 g/mol. The Labute approximate surface area is 68.2 Å². The highest BCUT2D eigenvalue weighted by atomic mass is 32.1. The highest BCUT2D eigenvalue weighted by Crippen LogP contribution is 2.32. The van der Waals surface area contributed by atoms with Crippen LogP contribution in [-0.4, -0.2) is 19.0 Å². The quantitative estimate of drug-likeness (QED) is 0.504. The Balaban J connectivity index is 3.06. The van der Waals surface area contributed by atoms with E-state index in [0.29, 0.717) is 5.00 Å². The van der Waals surface area contributed by atoms with Crippen LogP contribution in [0.1, 0.15) is 0 Å². The van der Waals surface area contributed by atoms with Gasteiger partial charge in [0.15, 0.2) is 5.00 Å². The van der Waals surface area contributed by atoms with E-state index in [2.05, 4.69) is 0 Å². The molecule has 4 nitrogen and oxygen atoms in total. The van der Waals surface area contributed by atoms with Crippen molar-refractivity contribution in [2.45, 2.75) is 0 Å². The summed E-state index contributed by atoms with van der Waals surface area (Å²) in [7, 11) is 3.58. The summed E-state index contributed by atoms with van der Waals surface area (Å²) in [5.74, 6) is 0. The van der Waals surface area contributed by atoms with Gasteiger partial charge in [0.25, 0.3) is 0 Å². The number of rotatable bonds is 2. The van der Waals surface area contributed by atoms with Crippen LogP contribution in [0.3, 0.4) is 0 Å². The Morgan fingerprint density at radius 2 is 2.27 bits per heavy atom. The lowest BCUT2D eigenvalue weighted by Gasteiger charge is -2.06. The molecule has 0 amide bonds. The first-order chi connectivity index (χ1) is 5.13. The molecule has 0 aromatic carbocycles. The summed E-state index contributed by atoms with van der Waals surface area (Å²) in [6.07, 6.45) is 0. The minimum Gasteiger partial charge on any atom is -0.364 e. The Morgan fingerprint density at radius 1 is 1.64 bits per heavy atom. The van der Waals surface area contributed by atoms with Crippen molar-refractivity contribution >= 4 is 22.0 Å². The molecule has 1 heterocycles. The fraction of sp³-hybridized carbons (Fsp3) is 0.333. The van der Waals surface area contributed by atoms with Gasteiger partial charge < -0.3 is 4.90 Å². The molecular formula is C6H8N2O2S. The number of hydrogen-bond acceptors (Lipinski definition) is 4. The van der Waals surface area contributed by atoms with Gasteiger partial charge in [-0.2, -0.15) is 0 Å². The van der Waals surface area contributed by atoms with Crippen molar-refractivity contribution in [2.75, 3.05) is 19.0 Å². The summed E-state index contributed by atoms with van der Waals surface area (Å²) in [6, 6.07) is 1.51. The largest absolute Gasteiger partial charge is 0.364 e. The fourth-order valence-corrected chi connectivity index (χ4v) is 1.57. The smallest absolute Gasteiger partial charge is 0.303 e. The van der Waals surface area contributed by atoms with E-state index in [9.17, 15) is 10.1 Å². The molecule has 0 radical (unpaired) electrons. The lowest BCUT2D eigenvalue weighted by molar-refractivity contribution is -0.383. The van der Waals surface area contributed by atoms with E-state index in [1.165, 1.54) is 17.4 Å². The molecule has 0 saturated carbocycles. The van der Waals surface area contributed by atoms with Gasteiger partial charge in [-0.3, -0.25) is 10.1 Å². The molecule has 1 aromatic rings. The lowest BCUT2D eigenvalue weighted by atomic mass is 10.5. The van der Waals surface area contributed by atoms with Gasteiger partial charge in [-0.1, -0.05) is 0 Å². The predicted octanol–water partition coefficient (Wildman–Crippen LogP) is 1.72. The minimum absolute atomic E-state index is 0.181. The molecule has 0 saturated heterocycles. The lowest BCUT2D eigenvalue weighted by Crippen LogP contribution is -2.08. The van der Waals surface area contributed by atoms with Crippen molar-refractivity contribution < 1.29 is 4.92 Å². The normalized spacial score (nSPS) is 9.64. The molecule has 0 aliphatic carbocycles. The molecule has 60 valence electrons. The molecule has 0 unspecified atom stereocenters. The predicted molar refractivity (Wildman–Crippen MR) is 45.3 cm³/mol. The number of nitrogens with zero attached hydrogens (tertiary/aromatic N) is 2. The Kier molecular flexibility index (Phi) is 2.09. The van der Waals surface area contributed by atoms with Crippen LogP contribution in [0, 0.1) is 10.1 Å². The van der Waals surface area contributed by atoms with Crippen LogP contribution >= 0.6 is 11.3 Å². The molecular weight excluding hydrogens is 164 g/mol. The summed E-state index contributed by atoms with van der Waals surface area (Å²) in [5.41, 5.74) is 0.181. The SMILES string of the molecule is CN(C)c1sccc1[N+](=O)[O-]. The van der Waals surface area contributed by atoms with Crippen molar-refractivity contribution in [2.24, 2.45) is 0 Å². The maximum Gasteiger partial charge on any atom is 0.303 e. The number of nitro groups is 1. The Hall–Kier alpha value is -1.10. The highest BCUT2D eigenvalue weighted by molar-refractivity contribution is 7.14. The van der Waals surface area contributed by atoms with Gasteiger partial charge in [-0.15, -0.1) is 11.3 Å². The zero-order valence-corrected chi connectivity index (χ0v) is 7.09. The first-order valence-electron chi connectivity index (χ1n) is 3.02. The van der Waals surface area contributed by atoms with Gasteiger partial charge in [0, 0.05) is 20.2 Å². The molecule has 0 bridgehead atoms. The topological polar surface area (TPSA) is 46.4 Å². The van der Waals surface area contributed by atoms with Crippen LogP contribution in [0.2, 0.25) is 0 Å². The third-order valence-electron chi connectivity index (χ3n) is 1.23. The molecule has 1 aromatic heterocycles. The van der Waals surface area contributed by atoms with Crippen LogP contribution in [0.15, 0.2) is 11.4 Å². The zero-order valence-electron chi connectivity index (χ0n) is 6.27. The second kappa shape index (κ2) is 2.87. The van der Waals surface area contributed by atoms with Crippen LogP contribution < -0.4 is 4.90 Å². The van der Waals surface area contributed by atoms with E-state index in [1.807, 2.05) is 0 Å². The van der Waals surface area contributed by atoms with Crippen LogP contribution in [0.5, 0.6) is 0 Å². The molecule has 1 rings (SSSR count). The maximum atomic E-state index is 10.4. The third kappa shape index (κ3) is 1.48. The van der Waals surface area contributed by atoms with Crippen LogP contribution in [0.25, 0.3) is 0 Å². The third-order valence-corrected chi connectivity index (χ3v) is 2.30. The molecule has 0 fully saturated rings. The molecule has 0 spiro atoms. The first kappa shape index (κ1) is 8.00. The van der Waals surface area contributed by atoms with E-state index in [0.717, 1.165) is 0 Å². The van der Waals surface area contributed by atoms with Crippen molar-refractivity contribution in [1.29, 1.82) is 0 Å². The zero-order chi connectivity index (χ0) is 8.43. The van der Waals surface area contributed by atoms with Crippen LogP contribution in [0.4, 0.5) is 10.7 Å². The van der Waals surface area contributed by atoms with Crippen molar-refractivity contribution in [3.8, 4) is 0 Å². The monoisotopic (exact) mass is 172 g/mol. The van der Waals surface area contributed by atoms with Crippen molar-refractivity contribution in [1.82, 2.24) is 0 Å². The number of anilines is 1. The van der Waals surface area contributed by atoms with Crippen molar-refractivity contribution in [3.63, 3.8) is 0 Å². The molecule has 0 aliphatic heterocycles. The number of hydrogen-bond donors (Lipinski definition) is 0. The standard InChI is InChI=1S/C6H8N2O2S/c1-7(2)6-5(8(9)10)3-4-11-6/h3-4H,1-2H3. The van der Waals surface area contributed by atoms with Gasteiger partial charge in [0.1, 0.15) is 0 Å². The van der Waals surface area contributed by atoms with E-state index < -0.39 is 0 Å². The summed E-state index contributed by atoms with van der Waals surface area (Å²) >= 11 is 1.37. The second-order valence-electron chi connectivity index (χ2n) is 2.26. The van der Waals surface area contributed by atoms with Crippen molar-refractivity contribution in [3.05, 3.63) is 21.6 Å². The van der Waals surface area contributed by atoms with E-state index in [4.69, 9.17) is 0 Å². The van der Waals surface area contributed by atoms with Gasteiger partial charge in [0.2, 0.25) is 0 Å². The molecule has 0 aliphatic rings. The van der Waals surface area contributed by atoms with E-state index in [-0.39, 0.29) is 10.6 Å². The molecule has 0 N–H and O–H groups in total. The second-order valence-corrected chi connectivity index (χ2v) is 3.16. The Morgan fingerprint density at radius 3 is 2.64 bits per heavy atom. The van der Waals surface area contributed by atoms with Crippen LogP contribution in [-0.2, 0) is 0 Å². The highest BCUT2D eigenvalue weighted by Gasteiger charge is 2.15. The summed E-state index contributed by atoms with van der Waals surface area (Å²) in [4.78, 5) is 11.7. The average Bonchev–Trinajstić information content (AvgIpc) is 2.32. The van der Waals surface area contributed by atoms with Gasteiger partial charge in [-0.25, -0.2) is 0 Å². The van der Waals surface area contributed by atoms with Gasteiger partial charge >= 0.3 is 5.69 Å². The first-order valence-corrected chi connectivity index (χ1v) is 3.90. The Bertz CT molecular complexity index is 269. The van der Waals surface area contributed by atoms with Gasteiger partial charge in [-0.05, 0) is 5.38 Å².